The molecular formula is C9H21NO4S. The van der Waals surface area contributed by atoms with Crippen LogP contribution >= 0.6 is 0 Å². The Bertz CT molecular complexity index is 240. The molecule has 5 nitrogen and oxygen atoms in total. The van der Waals surface area contributed by atoms with Crippen molar-refractivity contribution in [3.05, 3.63) is 0 Å². The Balaban J connectivity index is 3.58. The molecule has 0 heterocycles. The Morgan fingerprint density at radius 1 is 1.27 bits per heavy atom. The van der Waals surface area contributed by atoms with Gasteiger partial charge in [0.25, 0.3) is 0 Å². The van der Waals surface area contributed by atoms with Crippen LogP contribution in [-0.2, 0) is 19.3 Å². The lowest BCUT2D eigenvalue weighted by atomic mass is 10.5. The van der Waals surface area contributed by atoms with E-state index in [1.165, 1.54) is 0 Å². The lowest BCUT2D eigenvalue weighted by molar-refractivity contribution is 0.112. The van der Waals surface area contributed by atoms with E-state index in [9.17, 15) is 8.42 Å². The second-order valence-electron chi connectivity index (χ2n) is 3.37. The molecule has 1 atom stereocenters. The van der Waals surface area contributed by atoms with Gasteiger partial charge in [-0.2, -0.15) is 0 Å². The quantitative estimate of drug-likeness (QED) is 0.564. The lowest BCUT2D eigenvalue weighted by Gasteiger charge is -2.10. The molecule has 6 heteroatoms. The van der Waals surface area contributed by atoms with Crippen LogP contribution < -0.4 is 5.73 Å². The van der Waals surface area contributed by atoms with Gasteiger partial charge in [-0.1, -0.05) is 0 Å². The number of rotatable bonds is 9. The molecule has 0 spiro atoms. The molecule has 0 aromatic rings. The predicted molar refractivity (Wildman–Crippen MR) is 59.6 cm³/mol. The Hall–Kier alpha value is -0.170. The maximum Gasteiger partial charge on any atom is 0.156 e. The summed E-state index contributed by atoms with van der Waals surface area (Å²) in [6.45, 7) is 3.16. The Morgan fingerprint density at radius 3 is 2.47 bits per heavy atom. The topological polar surface area (TPSA) is 78.6 Å². The lowest BCUT2D eigenvalue weighted by Crippen LogP contribution is -2.30. The molecular weight excluding hydrogens is 218 g/mol. The van der Waals surface area contributed by atoms with Crippen LogP contribution in [0.25, 0.3) is 0 Å². The van der Waals surface area contributed by atoms with Gasteiger partial charge in [-0.3, -0.25) is 0 Å². The normalized spacial score (nSPS) is 14.1. The number of nitrogens with two attached hydrogens (primary N) is 1. The first kappa shape index (κ1) is 14.8. The van der Waals surface area contributed by atoms with Crippen molar-refractivity contribution >= 4 is 9.84 Å². The molecule has 92 valence electrons. The summed E-state index contributed by atoms with van der Waals surface area (Å²) in [6, 6.07) is 0. The number of hydrogen-bond acceptors (Lipinski definition) is 5. The van der Waals surface area contributed by atoms with Crippen LogP contribution in [-0.4, -0.2) is 52.9 Å². The second kappa shape index (κ2) is 8.04. The van der Waals surface area contributed by atoms with Gasteiger partial charge in [0.2, 0.25) is 0 Å². The van der Waals surface area contributed by atoms with Gasteiger partial charge in [-0.15, -0.1) is 0 Å². The van der Waals surface area contributed by atoms with Crippen LogP contribution in [0.3, 0.4) is 0 Å². The van der Waals surface area contributed by atoms with E-state index in [1.807, 2.05) is 0 Å². The van der Waals surface area contributed by atoms with E-state index in [2.05, 4.69) is 0 Å². The predicted octanol–water partition coefficient (Wildman–Crippen LogP) is -0.198. The molecule has 0 bridgehead atoms. The summed E-state index contributed by atoms with van der Waals surface area (Å²) < 4.78 is 32.9. The third-order valence-electron chi connectivity index (χ3n) is 2.09. The molecule has 2 N–H and O–H groups in total. The van der Waals surface area contributed by atoms with Crippen molar-refractivity contribution in [2.24, 2.45) is 5.73 Å². The van der Waals surface area contributed by atoms with Crippen LogP contribution in [0, 0.1) is 0 Å². The highest BCUT2D eigenvalue weighted by Crippen LogP contribution is 2.00. The Morgan fingerprint density at radius 2 is 1.93 bits per heavy atom. The molecule has 0 aliphatic carbocycles. The molecule has 0 fully saturated rings. The number of sulfone groups is 1. The average Bonchev–Trinajstić information content (AvgIpc) is 2.22. The summed E-state index contributed by atoms with van der Waals surface area (Å²) in [5, 5.41) is -0.486. The van der Waals surface area contributed by atoms with Crippen molar-refractivity contribution in [3.8, 4) is 0 Å². The molecule has 0 saturated heterocycles. The molecule has 0 rings (SSSR count). The zero-order chi connectivity index (χ0) is 11.7. The molecule has 0 aromatic heterocycles. The fourth-order valence-corrected chi connectivity index (χ4v) is 1.98. The molecule has 0 saturated carbocycles. The van der Waals surface area contributed by atoms with E-state index in [-0.39, 0.29) is 18.9 Å². The standard InChI is InChI=1S/C9H21NO4S/c1-9(8-10)15(11,12)7-6-14-5-3-4-13-2/h9H,3-8,10H2,1-2H3. The van der Waals surface area contributed by atoms with Crippen molar-refractivity contribution in [2.45, 2.75) is 18.6 Å². The van der Waals surface area contributed by atoms with Gasteiger partial charge in [0.1, 0.15) is 0 Å². The zero-order valence-electron chi connectivity index (χ0n) is 9.44. The minimum atomic E-state index is -3.08. The van der Waals surface area contributed by atoms with Crippen molar-refractivity contribution in [2.75, 3.05) is 39.2 Å². The second-order valence-corrected chi connectivity index (χ2v) is 5.91. The van der Waals surface area contributed by atoms with E-state index < -0.39 is 15.1 Å². The number of hydrogen-bond donors (Lipinski definition) is 1. The van der Waals surface area contributed by atoms with E-state index >= 15 is 0 Å². The van der Waals surface area contributed by atoms with Crippen molar-refractivity contribution in [1.29, 1.82) is 0 Å². The van der Waals surface area contributed by atoms with Crippen molar-refractivity contribution in [3.63, 3.8) is 0 Å². The monoisotopic (exact) mass is 239 g/mol. The molecule has 0 aromatic carbocycles. The third-order valence-corrected chi connectivity index (χ3v) is 4.25. The molecule has 0 radical (unpaired) electrons. The summed E-state index contributed by atoms with van der Waals surface area (Å²) in [6.07, 6.45) is 0.781. The molecule has 0 amide bonds. The van der Waals surface area contributed by atoms with Crippen molar-refractivity contribution in [1.82, 2.24) is 0 Å². The van der Waals surface area contributed by atoms with Gasteiger partial charge in [-0.25, -0.2) is 8.42 Å². The number of methoxy groups -OCH3 is 1. The van der Waals surface area contributed by atoms with Crippen LogP contribution in [0.5, 0.6) is 0 Å². The fourth-order valence-electron chi connectivity index (χ4n) is 0.930. The molecule has 0 aliphatic rings. The largest absolute Gasteiger partial charge is 0.385 e. The molecule has 15 heavy (non-hydrogen) atoms. The van der Waals surface area contributed by atoms with E-state index in [4.69, 9.17) is 15.2 Å². The first-order valence-electron chi connectivity index (χ1n) is 5.03. The van der Waals surface area contributed by atoms with Gasteiger partial charge in [-0.05, 0) is 13.3 Å². The van der Waals surface area contributed by atoms with Crippen LogP contribution in [0.15, 0.2) is 0 Å². The molecule has 0 aliphatic heterocycles. The zero-order valence-corrected chi connectivity index (χ0v) is 10.3. The minimum absolute atomic E-state index is 0.0400. The van der Waals surface area contributed by atoms with Gasteiger partial charge in [0, 0.05) is 26.9 Å². The van der Waals surface area contributed by atoms with E-state index in [1.54, 1.807) is 14.0 Å². The maximum absolute atomic E-state index is 11.5. The highest BCUT2D eigenvalue weighted by atomic mass is 32.2. The highest BCUT2D eigenvalue weighted by Gasteiger charge is 2.18. The summed E-state index contributed by atoms with van der Waals surface area (Å²) >= 11 is 0. The average molecular weight is 239 g/mol. The SMILES string of the molecule is COCCCOCCS(=O)(=O)C(C)CN. The van der Waals surface area contributed by atoms with Gasteiger partial charge < -0.3 is 15.2 Å². The summed E-state index contributed by atoms with van der Waals surface area (Å²) in [5.74, 6) is 0.0400. The fraction of sp³-hybridized carbons (Fsp3) is 1.00. The van der Waals surface area contributed by atoms with E-state index in [0.29, 0.717) is 13.2 Å². The molecule has 1 unspecified atom stereocenters. The van der Waals surface area contributed by atoms with Gasteiger partial charge >= 0.3 is 0 Å². The maximum atomic E-state index is 11.5. The number of ether oxygens (including phenoxy) is 2. The van der Waals surface area contributed by atoms with Gasteiger partial charge in [0.05, 0.1) is 17.6 Å². The highest BCUT2D eigenvalue weighted by molar-refractivity contribution is 7.92. The van der Waals surface area contributed by atoms with Crippen molar-refractivity contribution < 1.29 is 17.9 Å². The smallest absolute Gasteiger partial charge is 0.156 e. The summed E-state index contributed by atoms with van der Waals surface area (Å²) in [5.41, 5.74) is 5.29. The van der Waals surface area contributed by atoms with Crippen LogP contribution in [0.2, 0.25) is 0 Å². The Kier molecular flexibility index (Phi) is 7.95. The van der Waals surface area contributed by atoms with Crippen LogP contribution in [0.4, 0.5) is 0 Å². The first-order valence-corrected chi connectivity index (χ1v) is 6.74. The summed E-state index contributed by atoms with van der Waals surface area (Å²) in [7, 11) is -1.47. The summed E-state index contributed by atoms with van der Waals surface area (Å²) in [4.78, 5) is 0. The van der Waals surface area contributed by atoms with Crippen LogP contribution in [0.1, 0.15) is 13.3 Å². The van der Waals surface area contributed by atoms with Gasteiger partial charge in [0.15, 0.2) is 9.84 Å². The first-order chi connectivity index (χ1) is 7.04. The Labute approximate surface area is 91.9 Å². The minimum Gasteiger partial charge on any atom is -0.385 e. The van der Waals surface area contributed by atoms with E-state index in [0.717, 1.165) is 6.42 Å². The third kappa shape index (κ3) is 6.83.